The summed E-state index contributed by atoms with van der Waals surface area (Å²) in [6.45, 7) is 0. The van der Waals surface area contributed by atoms with Gasteiger partial charge in [0.05, 0.1) is 0 Å². The van der Waals surface area contributed by atoms with E-state index >= 15 is 0 Å². The van der Waals surface area contributed by atoms with Crippen LogP contribution in [0.25, 0.3) is 21.8 Å². The van der Waals surface area contributed by atoms with Gasteiger partial charge in [-0.05, 0) is 47.2 Å². The molecule has 1 unspecified atom stereocenters. The summed E-state index contributed by atoms with van der Waals surface area (Å²) in [6, 6.07) is 27.3. The number of nitrogens with two attached hydrogens (primary N) is 1. The first-order valence-corrected chi connectivity index (χ1v) is 9.26. The molecule has 0 aliphatic carbocycles. The number of nitrogens with one attached hydrogen (secondary N) is 2. The summed E-state index contributed by atoms with van der Waals surface area (Å²) in [7, 11) is 0. The van der Waals surface area contributed by atoms with Crippen molar-refractivity contribution in [3.8, 4) is 0 Å². The lowest BCUT2D eigenvalue weighted by Gasteiger charge is -2.17. The third-order valence-electron chi connectivity index (χ3n) is 5.40. The topological polar surface area (TPSA) is 57.6 Å². The van der Waals surface area contributed by atoms with Gasteiger partial charge in [0.1, 0.15) is 0 Å². The average molecular weight is 351 g/mol. The van der Waals surface area contributed by atoms with E-state index in [0.29, 0.717) is 0 Å². The summed E-state index contributed by atoms with van der Waals surface area (Å²) in [6.07, 6.45) is 2.99. The second-order valence-corrected chi connectivity index (χ2v) is 7.06. The number of hydrogen-bond donors (Lipinski definition) is 3. The van der Waals surface area contributed by atoms with Gasteiger partial charge in [0.2, 0.25) is 0 Å². The van der Waals surface area contributed by atoms with Crippen molar-refractivity contribution in [2.75, 3.05) is 5.73 Å². The fraction of sp³-hybridized carbons (Fsp3) is 0.0833. The van der Waals surface area contributed by atoms with Crippen LogP contribution in [0.2, 0.25) is 0 Å². The van der Waals surface area contributed by atoms with Crippen LogP contribution >= 0.6 is 0 Å². The number of para-hydroxylation sites is 3. The number of aromatic nitrogens is 2. The molecule has 3 nitrogen and oxygen atoms in total. The molecule has 0 spiro atoms. The highest BCUT2D eigenvalue weighted by atomic mass is 14.7. The first-order chi connectivity index (χ1) is 13.3. The normalized spacial score (nSPS) is 12.6. The van der Waals surface area contributed by atoms with Gasteiger partial charge in [-0.1, -0.05) is 54.6 Å². The van der Waals surface area contributed by atoms with Gasteiger partial charge in [-0.25, -0.2) is 0 Å². The molecule has 27 heavy (non-hydrogen) atoms. The highest BCUT2D eigenvalue weighted by Gasteiger charge is 2.21. The number of aromatic amines is 2. The van der Waals surface area contributed by atoms with Crippen LogP contribution in [0.5, 0.6) is 0 Å². The maximum absolute atomic E-state index is 6.27. The predicted octanol–water partition coefficient (Wildman–Crippen LogP) is 5.61. The van der Waals surface area contributed by atoms with Gasteiger partial charge >= 0.3 is 0 Å². The van der Waals surface area contributed by atoms with E-state index in [1.54, 1.807) is 0 Å². The summed E-state index contributed by atoms with van der Waals surface area (Å²) in [5, 5.41) is 2.49. The van der Waals surface area contributed by atoms with Crippen molar-refractivity contribution in [1.29, 1.82) is 0 Å². The van der Waals surface area contributed by atoms with Gasteiger partial charge in [-0.2, -0.15) is 0 Å². The lowest BCUT2D eigenvalue weighted by Crippen LogP contribution is -2.07. The second-order valence-electron chi connectivity index (χ2n) is 7.06. The predicted molar refractivity (Wildman–Crippen MR) is 113 cm³/mol. The van der Waals surface area contributed by atoms with Crippen LogP contribution in [-0.4, -0.2) is 9.97 Å². The van der Waals surface area contributed by atoms with Crippen LogP contribution in [0.15, 0.2) is 85.1 Å². The molecule has 0 saturated carbocycles. The largest absolute Gasteiger partial charge is 0.399 e. The Bertz CT molecular complexity index is 1200. The van der Waals surface area contributed by atoms with Gasteiger partial charge in [0, 0.05) is 39.9 Å². The fourth-order valence-electron chi connectivity index (χ4n) is 3.99. The van der Waals surface area contributed by atoms with E-state index in [1.807, 2.05) is 12.1 Å². The minimum Gasteiger partial charge on any atom is -0.399 e. The van der Waals surface area contributed by atoms with E-state index in [-0.39, 0.29) is 5.92 Å². The van der Waals surface area contributed by atoms with Crippen molar-refractivity contribution in [2.45, 2.75) is 12.3 Å². The number of benzene rings is 3. The first kappa shape index (κ1) is 15.8. The Morgan fingerprint density at radius 2 is 1.56 bits per heavy atom. The first-order valence-electron chi connectivity index (χ1n) is 9.26. The van der Waals surface area contributed by atoms with Crippen molar-refractivity contribution in [3.63, 3.8) is 0 Å². The minimum absolute atomic E-state index is 0.193. The molecule has 0 aliphatic rings. The van der Waals surface area contributed by atoms with E-state index in [4.69, 9.17) is 5.73 Å². The Morgan fingerprint density at radius 3 is 2.41 bits per heavy atom. The zero-order valence-corrected chi connectivity index (χ0v) is 14.9. The molecule has 0 bridgehead atoms. The van der Waals surface area contributed by atoms with Crippen molar-refractivity contribution in [1.82, 2.24) is 9.97 Å². The van der Waals surface area contributed by atoms with E-state index in [1.165, 1.54) is 33.1 Å². The summed E-state index contributed by atoms with van der Waals surface area (Å²) in [4.78, 5) is 7.06. The van der Waals surface area contributed by atoms with Crippen molar-refractivity contribution in [2.24, 2.45) is 0 Å². The van der Waals surface area contributed by atoms with Crippen LogP contribution in [0.3, 0.4) is 0 Å². The van der Waals surface area contributed by atoms with Gasteiger partial charge in [0.15, 0.2) is 0 Å². The van der Waals surface area contributed by atoms with E-state index < -0.39 is 0 Å². The van der Waals surface area contributed by atoms with E-state index in [2.05, 4.69) is 82.9 Å². The Morgan fingerprint density at radius 1 is 0.815 bits per heavy atom. The quantitative estimate of drug-likeness (QED) is 0.362. The summed E-state index contributed by atoms with van der Waals surface area (Å²) >= 11 is 0. The second kappa shape index (κ2) is 6.36. The summed E-state index contributed by atoms with van der Waals surface area (Å²) in [5.41, 5.74) is 13.1. The number of anilines is 1. The van der Waals surface area contributed by atoms with Gasteiger partial charge in [0.25, 0.3) is 0 Å². The molecule has 0 saturated heterocycles. The number of rotatable bonds is 4. The monoisotopic (exact) mass is 351 g/mol. The summed E-state index contributed by atoms with van der Waals surface area (Å²) in [5.74, 6) is 0.193. The number of nitrogen functional groups attached to an aromatic ring is 1. The molecule has 3 heteroatoms. The van der Waals surface area contributed by atoms with Gasteiger partial charge < -0.3 is 15.7 Å². The molecule has 5 aromatic rings. The van der Waals surface area contributed by atoms with Crippen LogP contribution in [0.4, 0.5) is 5.69 Å². The molecule has 3 aromatic carbocycles. The van der Waals surface area contributed by atoms with Crippen molar-refractivity contribution >= 4 is 27.5 Å². The Kier molecular flexibility index (Phi) is 3.72. The lowest BCUT2D eigenvalue weighted by atomic mass is 9.88. The Labute approximate surface area is 157 Å². The van der Waals surface area contributed by atoms with Crippen LogP contribution in [0.1, 0.15) is 22.7 Å². The fourth-order valence-corrected chi connectivity index (χ4v) is 3.99. The maximum Gasteiger partial charge on any atom is 0.0457 e. The van der Waals surface area contributed by atoms with Crippen LogP contribution < -0.4 is 5.73 Å². The standard InChI is InChI=1S/C24H21N3/c25-21-10-4-1-7-16(21)13-19(20-15-26-23-12-6-3-9-18(20)23)24-14-17-8-2-5-11-22(17)27-24/h1-12,14-15,19,26-27H,13,25H2. The third kappa shape index (κ3) is 2.77. The maximum atomic E-state index is 6.27. The highest BCUT2D eigenvalue weighted by molar-refractivity contribution is 5.85. The zero-order chi connectivity index (χ0) is 18.2. The zero-order valence-electron chi connectivity index (χ0n) is 14.9. The average Bonchev–Trinajstić information content (AvgIpc) is 3.31. The molecule has 0 aliphatic heterocycles. The summed E-state index contributed by atoms with van der Waals surface area (Å²) < 4.78 is 0. The van der Waals surface area contributed by atoms with E-state index in [0.717, 1.165) is 17.6 Å². The minimum atomic E-state index is 0.193. The number of hydrogen-bond acceptors (Lipinski definition) is 1. The van der Waals surface area contributed by atoms with E-state index in [9.17, 15) is 0 Å². The van der Waals surface area contributed by atoms with Crippen LogP contribution in [0, 0.1) is 0 Å². The van der Waals surface area contributed by atoms with Crippen LogP contribution in [-0.2, 0) is 6.42 Å². The molecule has 0 amide bonds. The molecule has 2 heterocycles. The molecule has 0 fully saturated rings. The molecular formula is C24H21N3. The smallest absolute Gasteiger partial charge is 0.0457 e. The third-order valence-corrected chi connectivity index (χ3v) is 5.40. The molecule has 132 valence electrons. The van der Waals surface area contributed by atoms with Gasteiger partial charge in [-0.3, -0.25) is 0 Å². The van der Waals surface area contributed by atoms with Crippen molar-refractivity contribution < 1.29 is 0 Å². The van der Waals surface area contributed by atoms with Gasteiger partial charge in [-0.15, -0.1) is 0 Å². The number of H-pyrrole nitrogens is 2. The molecule has 4 N–H and O–H groups in total. The SMILES string of the molecule is Nc1ccccc1CC(c1cc2ccccc2[nH]1)c1c[nH]c2ccccc12. The number of fused-ring (bicyclic) bond motifs is 2. The Balaban J connectivity index is 1.68. The Hall–Kier alpha value is -3.46. The lowest BCUT2D eigenvalue weighted by molar-refractivity contribution is 0.791. The highest BCUT2D eigenvalue weighted by Crippen LogP contribution is 2.35. The molecule has 0 radical (unpaired) electrons. The molecule has 2 aromatic heterocycles. The molecule has 1 atom stereocenters. The molecular weight excluding hydrogens is 330 g/mol. The van der Waals surface area contributed by atoms with Crippen molar-refractivity contribution in [3.05, 3.63) is 102 Å². The molecule has 5 rings (SSSR count).